The number of hydrogen-bond acceptors (Lipinski definition) is 2. The molecule has 0 aliphatic carbocycles. The Bertz CT molecular complexity index is 635. The number of anilines is 1. The van der Waals surface area contributed by atoms with Crippen LogP contribution in [-0.2, 0) is 0 Å². The summed E-state index contributed by atoms with van der Waals surface area (Å²) in [5, 5.41) is 8.80. The highest BCUT2D eigenvalue weighted by atomic mass is 19.1. The van der Waals surface area contributed by atoms with E-state index in [2.05, 4.69) is 0 Å². The number of halogens is 1. The molecule has 0 saturated carbocycles. The van der Waals surface area contributed by atoms with Crippen LogP contribution in [0.15, 0.2) is 48.5 Å². The largest absolute Gasteiger partial charge is 0.478 e. The normalized spacial score (nSPS) is 10.1. The molecule has 2 rings (SSSR count). The van der Waals surface area contributed by atoms with E-state index < -0.39 is 5.97 Å². The highest BCUT2D eigenvalue weighted by Gasteiger charge is 2.14. The monoisotopic (exact) mass is 273 g/mol. The Balaban J connectivity index is 2.22. The molecule has 0 radical (unpaired) electrons. The fourth-order valence-corrected chi connectivity index (χ4v) is 1.73. The molecule has 0 spiro atoms. The summed E-state index contributed by atoms with van der Waals surface area (Å²) in [4.78, 5) is 24.3. The summed E-state index contributed by atoms with van der Waals surface area (Å²) in [5.74, 6) is -1.72. The van der Waals surface area contributed by atoms with Crippen LogP contribution in [0, 0.1) is 5.82 Å². The van der Waals surface area contributed by atoms with Crippen molar-refractivity contribution in [3.05, 3.63) is 65.5 Å². The number of carbonyl (C=O) groups is 2. The molecule has 1 N–H and O–H groups in total. The topological polar surface area (TPSA) is 57.6 Å². The molecule has 102 valence electrons. The quantitative estimate of drug-likeness (QED) is 0.935. The number of carboxylic acid groups (broad SMARTS) is 1. The average Bonchev–Trinajstić information content (AvgIpc) is 2.46. The molecule has 2 aromatic rings. The Morgan fingerprint density at radius 2 is 1.45 bits per heavy atom. The summed E-state index contributed by atoms with van der Waals surface area (Å²) in [6, 6.07) is 11.2. The Morgan fingerprint density at radius 3 is 1.95 bits per heavy atom. The van der Waals surface area contributed by atoms with Crippen molar-refractivity contribution in [1.82, 2.24) is 0 Å². The van der Waals surface area contributed by atoms with Crippen molar-refractivity contribution in [1.29, 1.82) is 0 Å². The van der Waals surface area contributed by atoms with E-state index >= 15 is 0 Å². The van der Waals surface area contributed by atoms with E-state index in [1.807, 2.05) is 0 Å². The molecule has 0 heterocycles. The van der Waals surface area contributed by atoms with Gasteiger partial charge < -0.3 is 10.0 Å². The van der Waals surface area contributed by atoms with E-state index in [4.69, 9.17) is 5.11 Å². The van der Waals surface area contributed by atoms with Gasteiger partial charge in [-0.25, -0.2) is 9.18 Å². The van der Waals surface area contributed by atoms with Crippen molar-refractivity contribution < 1.29 is 19.1 Å². The van der Waals surface area contributed by atoms with Crippen LogP contribution in [-0.4, -0.2) is 24.0 Å². The van der Waals surface area contributed by atoms with Gasteiger partial charge in [-0.3, -0.25) is 4.79 Å². The van der Waals surface area contributed by atoms with Crippen LogP contribution in [0.25, 0.3) is 0 Å². The summed E-state index contributed by atoms with van der Waals surface area (Å²) < 4.78 is 12.8. The average molecular weight is 273 g/mol. The molecule has 0 bridgehead atoms. The first-order valence-electron chi connectivity index (χ1n) is 5.86. The van der Waals surface area contributed by atoms with E-state index in [1.54, 1.807) is 7.05 Å². The van der Waals surface area contributed by atoms with Gasteiger partial charge in [0.15, 0.2) is 0 Å². The van der Waals surface area contributed by atoms with Crippen molar-refractivity contribution >= 4 is 17.6 Å². The zero-order valence-electron chi connectivity index (χ0n) is 10.7. The second-order valence-electron chi connectivity index (χ2n) is 4.22. The number of amides is 1. The van der Waals surface area contributed by atoms with Gasteiger partial charge in [0.1, 0.15) is 5.82 Å². The number of aromatic carboxylic acids is 1. The Morgan fingerprint density at radius 1 is 0.950 bits per heavy atom. The molecule has 0 unspecified atom stereocenters. The highest BCUT2D eigenvalue weighted by Crippen LogP contribution is 2.16. The van der Waals surface area contributed by atoms with E-state index in [1.165, 1.54) is 53.4 Å². The third kappa shape index (κ3) is 2.83. The number of hydrogen-bond donors (Lipinski definition) is 1. The van der Waals surface area contributed by atoms with Gasteiger partial charge >= 0.3 is 5.97 Å². The highest BCUT2D eigenvalue weighted by molar-refractivity contribution is 6.06. The van der Waals surface area contributed by atoms with Crippen molar-refractivity contribution in [3.63, 3.8) is 0 Å². The molecular formula is C15H12FNO3. The lowest BCUT2D eigenvalue weighted by Gasteiger charge is -2.17. The third-order valence-corrected chi connectivity index (χ3v) is 2.90. The molecule has 0 atom stereocenters. The summed E-state index contributed by atoms with van der Waals surface area (Å²) in [7, 11) is 1.57. The van der Waals surface area contributed by atoms with Crippen LogP contribution in [0.5, 0.6) is 0 Å². The molecule has 5 heteroatoms. The molecule has 20 heavy (non-hydrogen) atoms. The number of rotatable bonds is 3. The predicted octanol–water partition coefficient (Wildman–Crippen LogP) is 2.80. The van der Waals surface area contributed by atoms with Gasteiger partial charge in [0, 0.05) is 18.3 Å². The van der Waals surface area contributed by atoms with Crippen molar-refractivity contribution in [2.75, 3.05) is 11.9 Å². The molecule has 0 fully saturated rings. The van der Waals surface area contributed by atoms with Crippen LogP contribution in [0.2, 0.25) is 0 Å². The number of nitrogens with zero attached hydrogens (tertiary/aromatic N) is 1. The van der Waals surface area contributed by atoms with Crippen molar-refractivity contribution in [2.24, 2.45) is 0 Å². The number of benzene rings is 2. The molecular weight excluding hydrogens is 261 g/mol. The fraction of sp³-hybridized carbons (Fsp3) is 0.0667. The summed E-state index contributed by atoms with van der Waals surface area (Å²) in [6.07, 6.45) is 0. The van der Waals surface area contributed by atoms with Crippen LogP contribution in [0.3, 0.4) is 0 Å². The molecule has 0 aliphatic heterocycles. The van der Waals surface area contributed by atoms with Crippen molar-refractivity contribution in [2.45, 2.75) is 0 Å². The third-order valence-electron chi connectivity index (χ3n) is 2.90. The molecule has 0 aromatic heterocycles. The smallest absolute Gasteiger partial charge is 0.335 e. The maximum Gasteiger partial charge on any atom is 0.335 e. The van der Waals surface area contributed by atoms with Crippen LogP contribution < -0.4 is 4.90 Å². The minimum absolute atomic E-state index is 0.117. The zero-order chi connectivity index (χ0) is 14.7. The predicted molar refractivity (Wildman–Crippen MR) is 72.5 cm³/mol. The minimum Gasteiger partial charge on any atom is -0.478 e. The number of carboxylic acids is 1. The van der Waals surface area contributed by atoms with Gasteiger partial charge in [-0.2, -0.15) is 0 Å². The van der Waals surface area contributed by atoms with E-state index in [-0.39, 0.29) is 17.3 Å². The Hall–Kier alpha value is -2.69. The zero-order valence-corrected chi connectivity index (χ0v) is 10.7. The molecule has 0 aliphatic rings. The van der Waals surface area contributed by atoms with E-state index in [0.29, 0.717) is 11.3 Å². The lowest BCUT2D eigenvalue weighted by Crippen LogP contribution is -2.26. The first-order chi connectivity index (χ1) is 9.49. The van der Waals surface area contributed by atoms with Gasteiger partial charge in [-0.05, 0) is 48.5 Å². The summed E-state index contributed by atoms with van der Waals surface area (Å²) in [5.41, 5.74) is 1.03. The van der Waals surface area contributed by atoms with Crippen LogP contribution in [0.1, 0.15) is 20.7 Å². The second kappa shape index (κ2) is 5.52. The van der Waals surface area contributed by atoms with Crippen LogP contribution in [0.4, 0.5) is 10.1 Å². The fourth-order valence-electron chi connectivity index (χ4n) is 1.73. The van der Waals surface area contributed by atoms with Gasteiger partial charge in [0.05, 0.1) is 5.56 Å². The molecule has 0 saturated heterocycles. The Kier molecular flexibility index (Phi) is 3.79. The lowest BCUT2D eigenvalue weighted by atomic mass is 10.1. The van der Waals surface area contributed by atoms with Gasteiger partial charge in [-0.15, -0.1) is 0 Å². The minimum atomic E-state index is -1.05. The first-order valence-corrected chi connectivity index (χ1v) is 5.86. The van der Waals surface area contributed by atoms with Crippen LogP contribution >= 0.6 is 0 Å². The maximum atomic E-state index is 12.8. The molecule has 2 aromatic carbocycles. The summed E-state index contributed by atoms with van der Waals surface area (Å²) >= 11 is 0. The second-order valence-corrected chi connectivity index (χ2v) is 4.22. The van der Waals surface area contributed by atoms with E-state index in [9.17, 15) is 14.0 Å². The number of carbonyl (C=O) groups excluding carboxylic acids is 1. The Labute approximate surface area is 115 Å². The standard InChI is InChI=1S/C15H12FNO3/c1-17(13-8-6-12(16)7-9-13)14(18)10-2-4-11(5-3-10)15(19)20/h2-9H,1H3,(H,19,20). The molecule has 1 amide bonds. The van der Waals surface area contributed by atoms with Gasteiger partial charge in [0.25, 0.3) is 5.91 Å². The molecule has 4 nitrogen and oxygen atoms in total. The lowest BCUT2D eigenvalue weighted by molar-refractivity contribution is 0.0696. The maximum absolute atomic E-state index is 12.8. The summed E-state index contributed by atoms with van der Waals surface area (Å²) in [6.45, 7) is 0. The first kappa shape index (κ1) is 13.7. The SMILES string of the molecule is CN(C(=O)c1ccc(C(=O)O)cc1)c1ccc(F)cc1. The van der Waals surface area contributed by atoms with Gasteiger partial charge in [0.2, 0.25) is 0 Å². The van der Waals surface area contributed by atoms with Gasteiger partial charge in [-0.1, -0.05) is 0 Å². The van der Waals surface area contributed by atoms with E-state index in [0.717, 1.165) is 0 Å². The van der Waals surface area contributed by atoms with Crippen molar-refractivity contribution in [3.8, 4) is 0 Å².